The largest absolute Gasteiger partial charge is 0.495 e. The maximum absolute atomic E-state index is 12.5. The smallest absolute Gasteiger partial charge is 0.249 e. The Hall–Kier alpha value is -2.83. The predicted molar refractivity (Wildman–Crippen MR) is 84.2 cm³/mol. The molecule has 0 spiro atoms. The fourth-order valence-corrected chi connectivity index (χ4v) is 2.71. The molecular formula is C16H18N4O3. The molecule has 2 amide bonds. The second kappa shape index (κ2) is 6.51. The Labute approximate surface area is 133 Å². The molecule has 1 aromatic heterocycles. The van der Waals surface area contributed by atoms with Crippen LogP contribution in [-0.2, 0) is 16.0 Å². The molecule has 0 aliphatic carbocycles. The first kappa shape index (κ1) is 15.1. The van der Waals surface area contributed by atoms with Crippen LogP contribution in [0.1, 0.15) is 12.1 Å². The van der Waals surface area contributed by atoms with Crippen molar-refractivity contribution in [3.63, 3.8) is 0 Å². The van der Waals surface area contributed by atoms with E-state index in [1.807, 2.05) is 24.3 Å². The maximum atomic E-state index is 12.5. The second-order valence-corrected chi connectivity index (χ2v) is 5.33. The van der Waals surface area contributed by atoms with Gasteiger partial charge in [-0.05, 0) is 24.6 Å². The van der Waals surface area contributed by atoms with E-state index < -0.39 is 6.04 Å². The molecule has 3 rings (SSSR count). The summed E-state index contributed by atoms with van der Waals surface area (Å²) in [6, 6.07) is 8.59. The summed E-state index contributed by atoms with van der Waals surface area (Å²) in [6.45, 7) is 0.550. The topological polar surface area (TPSA) is 87.3 Å². The van der Waals surface area contributed by atoms with Crippen molar-refractivity contribution in [2.24, 2.45) is 0 Å². The van der Waals surface area contributed by atoms with Crippen LogP contribution in [0.4, 0.5) is 5.69 Å². The molecule has 1 fully saturated rings. The van der Waals surface area contributed by atoms with Crippen LogP contribution in [-0.4, -0.2) is 41.7 Å². The van der Waals surface area contributed by atoms with Gasteiger partial charge in [-0.1, -0.05) is 12.1 Å². The van der Waals surface area contributed by atoms with Crippen molar-refractivity contribution < 1.29 is 14.3 Å². The van der Waals surface area contributed by atoms with Gasteiger partial charge < -0.3 is 15.0 Å². The van der Waals surface area contributed by atoms with Crippen LogP contribution in [0.3, 0.4) is 0 Å². The minimum Gasteiger partial charge on any atom is -0.495 e. The van der Waals surface area contributed by atoms with Gasteiger partial charge in [-0.15, -0.1) is 0 Å². The van der Waals surface area contributed by atoms with Gasteiger partial charge in [0.2, 0.25) is 11.8 Å². The second-order valence-electron chi connectivity index (χ2n) is 5.33. The molecule has 2 aromatic rings. The molecule has 0 bridgehead atoms. The monoisotopic (exact) mass is 314 g/mol. The van der Waals surface area contributed by atoms with E-state index in [2.05, 4.69) is 15.5 Å². The Balaban J connectivity index is 1.66. The molecule has 2 N–H and O–H groups in total. The Bertz CT molecular complexity index is 699. The van der Waals surface area contributed by atoms with Gasteiger partial charge in [0.15, 0.2) is 0 Å². The summed E-state index contributed by atoms with van der Waals surface area (Å²) in [4.78, 5) is 26.2. The van der Waals surface area contributed by atoms with Gasteiger partial charge in [-0.25, -0.2) is 0 Å². The zero-order chi connectivity index (χ0) is 16.2. The number of nitrogens with one attached hydrogen (secondary N) is 2. The van der Waals surface area contributed by atoms with E-state index >= 15 is 0 Å². The van der Waals surface area contributed by atoms with E-state index in [4.69, 9.17) is 4.74 Å². The molecule has 7 heteroatoms. The Morgan fingerprint density at radius 3 is 3.00 bits per heavy atom. The number of aromatic amines is 1. The molecular weight excluding hydrogens is 296 g/mol. The molecule has 120 valence electrons. The Kier molecular flexibility index (Phi) is 4.27. The number of hydrogen-bond donors (Lipinski definition) is 2. The highest BCUT2D eigenvalue weighted by Crippen LogP contribution is 2.30. The molecule has 1 aliphatic heterocycles. The number of carbonyl (C=O) groups is 2. The van der Waals surface area contributed by atoms with E-state index in [1.165, 1.54) is 0 Å². The minimum absolute atomic E-state index is 0.118. The zero-order valence-electron chi connectivity index (χ0n) is 12.8. The molecule has 0 saturated carbocycles. The lowest BCUT2D eigenvalue weighted by Gasteiger charge is -2.19. The first-order valence-electron chi connectivity index (χ1n) is 7.41. The van der Waals surface area contributed by atoms with Gasteiger partial charge in [0.05, 0.1) is 19.2 Å². The van der Waals surface area contributed by atoms with Crippen LogP contribution >= 0.6 is 0 Å². The van der Waals surface area contributed by atoms with Gasteiger partial charge in [0.25, 0.3) is 0 Å². The number of aromatic nitrogens is 2. The SMILES string of the molecule is COc1ccccc1N1CC[C@@H](NC(=O)Cc2ccn[nH]2)C1=O. The van der Waals surface area contributed by atoms with Crippen LogP contribution in [0.2, 0.25) is 0 Å². The van der Waals surface area contributed by atoms with Gasteiger partial charge in [-0.3, -0.25) is 14.7 Å². The average Bonchev–Trinajstić information content (AvgIpc) is 3.18. The number of hydrogen-bond acceptors (Lipinski definition) is 4. The highest BCUT2D eigenvalue weighted by atomic mass is 16.5. The fraction of sp³-hybridized carbons (Fsp3) is 0.312. The van der Waals surface area contributed by atoms with Crippen LogP contribution in [0.25, 0.3) is 0 Å². The number of benzene rings is 1. The number of nitrogens with zero attached hydrogens (tertiary/aromatic N) is 2. The number of anilines is 1. The normalized spacial score (nSPS) is 17.3. The lowest BCUT2D eigenvalue weighted by molar-refractivity contribution is -0.126. The van der Waals surface area contributed by atoms with Gasteiger partial charge in [0, 0.05) is 18.4 Å². The number of para-hydroxylation sites is 2. The quantitative estimate of drug-likeness (QED) is 0.858. The van der Waals surface area contributed by atoms with Crippen LogP contribution in [0, 0.1) is 0 Å². The molecule has 2 heterocycles. The lowest BCUT2D eigenvalue weighted by Crippen LogP contribution is -2.42. The van der Waals surface area contributed by atoms with Gasteiger partial charge in [0.1, 0.15) is 11.8 Å². The van der Waals surface area contributed by atoms with Crippen LogP contribution in [0.5, 0.6) is 5.75 Å². The minimum atomic E-state index is -0.504. The Morgan fingerprint density at radius 2 is 2.26 bits per heavy atom. The number of ether oxygens (including phenoxy) is 1. The standard InChI is InChI=1S/C16H18N4O3/c1-23-14-5-3-2-4-13(14)20-9-7-12(16(20)22)18-15(21)10-11-6-8-17-19-11/h2-6,8,12H,7,9-10H2,1H3,(H,17,19)(H,18,21)/t12-/m1/s1. The number of methoxy groups -OCH3 is 1. The molecule has 1 saturated heterocycles. The molecule has 1 aromatic carbocycles. The summed E-state index contributed by atoms with van der Waals surface area (Å²) in [7, 11) is 1.57. The summed E-state index contributed by atoms with van der Waals surface area (Å²) in [5.41, 5.74) is 1.44. The average molecular weight is 314 g/mol. The molecule has 0 radical (unpaired) electrons. The molecule has 23 heavy (non-hydrogen) atoms. The van der Waals surface area contributed by atoms with Crippen molar-refractivity contribution >= 4 is 17.5 Å². The Morgan fingerprint density at radius 1 is 1.43 bits per heavy atom. The fourth-order valence-electron chi connectivity index (χ4n) is 2.71. The van der Waals surface area contributed by atoms with Crippen molar-refractivity contribution in [1.82, 2.24) is 15.5 Å². The van der Waals surface area contributed by atoms with Crippen molar-refractivity contribution in [2.75, 3.05) is 18.6 Å². The zero-order valence-corrected chi connectivity index (χ0v) is 12.8. The lowest BCUT2D eigenvalue weighted by atomic mass is 10.2. The van der Waals surface area contributed by atoms with Crippen molar-refractivity contribution in [3.05, 3.63) is 42.2 Å². The molecule has 0 unspecified atom stereocenters. The summed E-state index contributed by atoms with van der Waals surface area (Å²) < 4.78 is 5.30. The van der Waals surface area contributed by atoms with Crippen molar-refractivity contribution in [3.8, 4) is 5.75 Å². The number of amides is 2. The molecule has 1 atom stereocenters. The summed E-state index contributed by atoms with van der Waals surface area (Å²) in [6.07, 6.45) is 2.34. The van der Waals surface area contributed by atoms with E-state index in [1.54, 1.807) is 24.3 Å². The molecule has 1 aliphatic rings. The van der Waals surface area contributed by atoms with Gasteiger partial charge >= 0.3 is 0 Å². The highest BCUT2D eigenvalue weighted by molar-refractivity contribution is 6.02. The maximum Gasteiger partial charge on any atom is 0.249 e. The highest BCUT2D eigenvalue weighted by Gasteiger charge is 2.34. The number of rotatable bonds is 5. The van der Waals surface area contributed by atoms with E-state index in [9.17, 15) is 9.59 Å². The van der Waals surface area contributed by atoms with Crippen LogP contribution in [0.15, 0.2) is 36.5 Å². The number of H-pyrrole nitrogens is 1. The molecule has 7 nitrogen and oxygen atoms in total. The van der Waals surface area contributed by atoms with Gasteiger partial charge in [-0.2, -0.15) is 5.10 Å². The third-order valence-electron chi connectivity index (χ3n) is 3.83. The summed E-state index contributed by atoms with van der Waals surface area (Å²) in [5.74, 6) is 0.326. The first-order valence-corrected chi connectivity index (χ1v) is 7.41. The van der Waals surface area contributed by atoms with E-state index in [0.29, 0.717) is 18.7 Å². The third-order valence-corrected chi connectivity index (χ3v) is 3.83. The van der Waals surface area contributed by atoms with Crippen molar-refractivity contribution in [1.29, 1.82) is 0 Å². The van der Waals surface area contributed by atoms with Crippen LogP contribution < -0.4 is 15.0 Å². The number of carbonyl (C=O) groups excluding carboxylic acids is 2. The third kappa shape index (κ3) is 3.18. The predicted octanol–water partition coefficient (Wildman–Crippen LogP) is 0.882. The first-order chi connectivity index (χ1) is 11.2. The summed E-state index contributed by atoms with van der Waals surface area (Å²) >= 11 is 0. The van der Waals surface area contributed by atoms with Crippen molar-refractivity contribution in [2.45, 2.75) is 18.9 Å². The van der Waals surface area contributed by atoms with E-state index in [-0.39, 0.29) is 18.2 Å². The van der Waals surface area contributed by atoms with E-state index in [0.717, 1.165) is 11.4 Å². The summed E-state index contributed by atoms with van der Waals surface area (Å²) in [5, 5.41) is 9.32.